The van der Waals surface area contributed by atoms with Crippen molar-refractivity contribution < 1.29 is 27.9 Å². The number of halogens is 3. The van der Waals surface area contributed by atoms with Crippen molar-refractivity contribution in [1.82, 2.24) is 10.2 Å². The Bertz CT molecular complexity index is 229. The summed E-state index contributed by atoms with van der Waals surface area (Å²) in [5.41, 5.74) is 0. The molecule has 2 amide bonds. The lowest BCUT2D eigenvalue weighted by Crippen LogP contribution is -2.46. The van der Waals surface area contributed by atoms with E-state index in [4.69, 9.17) is 5.11 Å². The SMILES string of the molecule is CNC(=O)N(CC(=O)O)CC(F)(F)F. The van der Waals surface area contributed by atoms with Gasteiger partial charge in [-0.05, 0) is 0 Å². The molecule has 0 aliphatic heterocycles. The third kappa shape index (κ3) is 5.22. The second-order valence-corrected chi connectivity index (χ2v) is 2.42. The van der Waals surface area contributed by atoms with Gasteiger partial charge in [-0.2, -0.15) is 13.2 Å². The summed E-state index contributed by atoms with van der Waals surface area (Å²) in [5.74, 6) is -1.50. The van der Waals surface area contributed by atoms with Crippen LogP contribution in [0.25, 0.3) is 0 Å². The van der Waals surface area contributed by atoms with Crippen LogP contribution >= 0.6 is 0 Å². The zero-order chi connectivity index (χ0) is 11.4. The van der Waals surface area contributed by atoms with E-state index in [0.717, 1.165) is 7.05 Å². The van der Waals surface area contributed by atoms with Crippen LogP contribution in [0, 0.1) is 0 Å². The Morgan fingerprint density at radius 2 is 1.93 bits per heavy atom. The molecule has 0 unspecified atom stereocenters. The average molecular weight is 214 g/mol. The molecule has 0 saturated heterocycles. The van der Waals surface area contributed by atoms with Crippen molar-refractivity contribution in [3.63, 3.8) is 0 Å². The minimum absolute atomic E-state index is 0.155. The summed E-state index contributed by atoms with van der Waals surface area (Å²) >= 11 is 0. The Balaban J connectivity index is 4.40. The first-order valence-corrected chi connectivity index (χ1v) is 3.51. The van der Waals surface area contributed by atoms with Crippen molar-refractivity contribution in [2.24, 2.45) is 0 Å². The highest BCUT2D eigenvalue weighted by Gasteiger charge is 2.33. The number of carboxylic acids is 1. The van der Waals surface area contributed by atoms with Crippen LogP contribution in [0.5, 0.6) is 0 Å². The maximum absolute atomic E-state index is 11.8. The number of hydrogen-bond donors (Lipinski definition) is 2. The zero-order valence-corrected chi connectivity index (χ0v) is 7.26. The van der Waals surface area contributed by atoms with Gasteiger partial charge in [-0.25, -0.2) is 4.79 Å². The van der Waals surface area contributed by atoms with Gasteiger partial charge in [0, 0.05) is 7.05 Å². The van der Waals surface area contributed by atoms with Crippen molar-refractivity contribution in [2.75, 3.05) is 20.1 Å². The molecule has 0 aliphatic carbocycles. The summed E-state index contributed by atoms with van der Waals surface area (Å²) in [7, 11) is 1.12. The first kappa shape index (κ1) is 12.5. The van der Waals surface area contributed by atoms with Crippen molar-refractivity contribution in [2.45, 2.75) is 6.18 Å². The van der Waals surface area contributed by atoms with Crippen molar-refractivity contribution in [1.29, 1.82) is 0 Å². The van der Waals surface area contributed by atoms with E-state index in [9.17, 15) is 22.8 Å². The van der Waals surface area contributed by atoms with Crippen LogP contribution in [-0.4, -0.2) is 48.3 Å². The lowest BCUT2D eigenvalue weighted by molar-refractivity contribution is -0.148. The van der Waals surface area contributed by atoms with Gasteiger partial charge < -0.3 is 15.3 Å². The average Bonchev–Trinajstić information content (AvgIpc) is 1.98. The van der Waals surface area contributed by atoms with E-state index in [-0.39, 0.29) is 4.90 Å². The minimum Gasteiger partial charge on any atom is -0.480 e. The molecule has 0 spiro atoms. The summed E-state index contributed by atoms with van der Waals surface area (Å²) < 4.78 is 35.5. The smallest absolute Gasteiger partial charge is 0.406 e. The number of urea groups is 1. The number of amides is 2. The van der Waals surface area contributed by atoms with Crippen LogP contribution in [0.3, 0.4) is 0 Å². The molecule has 0 atom stereocenters. The predicted molar refractivity (Wildman–Crippen MR) is 39.7 cm³/mol. The Kier molecular flexibility index (Phi) is 4.19. The highest BCUT2D eigenvalue weighted by atomic mass is 19.4. The molecule has 0 aliphatic rings. The normalized spacial score (nSPS) is 10.9. The standard InChI is InChI=1S/C6H9F3N2O3/c1-10-5(14)11(2-4(12)13)3-6(7,8)9/h2-3H2,1H3,(H,10,14)(H,12,13). The Morgan fingerprint density at radius 3 is 2.21 bits per heavy atom. The van der Waals surface area contributed by atoms with Gasteiger partial charge in [-0.1, -0.05) is 0 Å². The van der Waals surface area contributed by atoms with Gasteiger partial charge in [-0.15, -0.1) is 0 Å². The zero-order valence-electron chi connectivity index (χ0n) is 7.26. The second kappa shape index (κ2) is 4.68. The number of carbonyl (C=O) groups excluding carboxylic acids is 1. The van der Waals surface area contributed by atoms with Gasteiger partial charge in [0.1, 0.15) is 13.1 Å². The summed E-state index contributed by atoms with van der Waals surface area (Å²) in [4.78, 5) is 21.1. The molecule has 0 radical (unpaired) electrons. The number of carboxylic acid groups (broad SMARTS) is 1. The quantitative estimate of drug-likeness (QED) is 0.708. The summed E-state index contributed by atoms with van der Waals surface area (Å²) in [6, 6.07) is -1.08. The molecule has 0 aromatic carbocycles. The Morgan fingerprint density at radius 1 is 1.43 bits per heavy atom. The maximum Gasteiger partial charge on any atom is 0.406 e. The van der Waals surface area contributed by atoms with Crippen LogP contribution in [0.15, 0.2) is 0 Å². The second-order valence-electron chi connectivity index (χ2n) is 2.42. The van der Waals surface area contributed by atoms with Gasteiger partial charge >= 0.3 is 18.2 Å². The molecule has 0 aromatic heterocycles. The molecule has 14 heavy (non-hydrogen) atoms. The molecule has 0 aromatic rings. The van der Waals surface area contributed by atoms with E-state index in [0.29, 0.717) is 0 Å². The topological polar surface area (TPSA) is 69.6 Å². The molecule has 8 heteroatoms. The lowest BCUT2D eigenvalue weighted by atomic mass is 10.5. The summed E-state index contributed by atoms with van der Waals surface area (Å²) in [6.07, 6.45) is -4.61. The van der Waals surface area contributed by atoms with Crippen molar-refractivity contribution >= 4 is 12.0 Å². The Labute approximate surface area is 77.5 Å². The fourth-order valence-corrected chi connectivity index (χ4v) is 0.737. The first-order valence-electron chi connectivity index (χ1n) is 3.51. The molecule has 2 N–H and O–H groups in total. The highest BCUT2D eigenvalue weighted by Crippen LogP contribution is 2.16. The first-order chi connectivity index (χ1) is 6.26. The fourth-order valence-electron chi connectivity index (χ4n) is 0.737. The van der Waals surface area contributed by atoms with Crippen molar-refractivity contribution in [3.05, 3.63) is 0 Å². The van der Waals surface area contributed by atoms with E-state index in [1.165, 1.54) is 0 Å². The monoisotopic (exact) mass is 214 g/mol. The maximum atomic E-state index is 11.8. The van der Waals surface area contributed by atoms with Crippen LogP contribution in [-0.2, 0) is 4.79 Å². The fraction of sp³-hybridized carbons (Fsp3) is 0.667. The summed E-state index contributed by atoms with van der Waals surface area (Å²) in [5, 5.41) is 10.2. The molecule has 0 bridgehead atoms. The molecule has 5 nitrogen and oxygen atoms in total. The number of nitrogens with one attached hydrogen (secondary N) is 1. The number of hydrogen-bond acceptors (Lipinski definition) is 2. The molecule has 0 fully saturated rings. The third-order valence-electron chi connectivity index (χ3n) is 1.20. The predicted octanol–water partition coefficient (Wildman–Crippen LogP) is 0.275. The number of nitrogens with zero attached hydrogens (tertiary/aromatic N) is 1. The van der Waals surface area contributed by atoms with Gasteiger partial charge in [-0.3, -0.25) is 4.79 Å². The van der Waals surface area contributed by atoms with Crippen LogP contribution < -0.4 is 5.32 Å². The van der Waals surface area contributed by atoms with Gasteiger partial charge in [0.05, 0.1) is 0 Å². The van der Waals surface area contributed by atoms with Crippen molar-refractivity contribution in [3.8, 4) is 0 Å². The van der Waals surface area contributed by atoms with Gasteiger partial charge in [0.25, 0.3) is 0 Å². The number of carbonyl (C=O) groups is 2. The van der Waals surface area contributed by atoms with E-state index in [1.807, 2.05) is 5.32 Å². The highest BCUT2D eigenvalue weighted by molar-refractivity contribution is 5.79. The molecule has 0 rings (SSSR count). The number of alkyl halides is 3. The Hall–Kier alpha value is -1.47. The molecule has 0 saturated carbocycles. The van der Waals surface area contributed by atoms with E-state index >= 15 is 0 Å². The minimum atomic E-state index is -4.61. The molecular formula is C6H9F3N2O3. The van der Waals surface area contributed by atoms with Crippen LogP contribution in [0.2, 0.25) is 0 Å². The van der Waals surface area contributed by atoms with Crippen LogP contribution in [0.4, 0.5) is 18.0 Å². The largest absolute Gasteiger partial charge is 0.480 e. The van der Waals surface area contributed by atoms with Gasteiger partial charge in [0.15, 0.2) is 0 Å². The van der Waals surface area contributed by atoms with E-state index in [2.05, 4.69) is 0 Å². The van der Waals surface area contributed by atoms with E-state index in [1.54, 1.807) is 0 Å². The number of aliphatic carboxylic acids is 1. The number of rotatable bonds is 3. The van der Waals surface area contributed by atoms with Crippen LogP contribution in [0.1, 0.15) is 0 Å². The van der Waals surface area contributed by atoms with Gasteiger partial charge in [0.2, 0.25) is 0 Å². The molecular weight excluding hydrogens is 205 g/mol. The summed E-state index contributed by atoms with van der Waals surface area (Å²) in [6.45, 7) is -2.57. The third-order valence-corrected chi connectivity index (χ3v) is 1.20. The molecule has 0 heterocycles. The molecule has 82 valence electrons. The van der Waals surface area contributed by atoms with E-state index < -0.39 is 31.3 Å². The lowest BCUT2D eigenvalue weighted by Gasteiger charge is -2.21.